The number of benzene rings is 2. The molecule has 0 bridgehead atoms. The molecule has 1 heterocycles. The summed E-state index contributed by atoms with van der Waals surface area (Å²) >= 11 is 9.33. The summed E-state index contributed by atoms with van der Waals surface area (Å²) in [5.74, 6) is -5.85. The molecular formula is C24H20BrClF3NO4. The van der Waals surface area contributed by atoms with Gasteiger partial charge in [-0.3, -0.25) is 14.4 Å². The van der Waals surface area contributed by atoms with E-state index in [4.69, 9.17) is 16.0 Å². The number of furan rings is 1. The van der Waals surface area contributed by atoms with E-state index in [9.17, 15) is 27.6 Å². The fourth-order valence-corrected chi connectivity index (χ4v) is 4.48. The standard InChI is InChI=1S/C24H20BrClF3NO4/c1-12(2)16(22(32)24(27,28)29)11-18(31)20(13-6-4-3-5-7-13)30-23(33)19-9-14-8-15(26)10-17(25)21(14)34-19/h3-10,12,16,20H,11H2,1-2H3,(H,30,33)/t16-,20-/m0/s1. The molecule has 0 aliphatic heterocycles. The van der Waals surface area contributed by atoms with Gasteiger partial charge >= 0.3 is 6.18 Å². The van der Waals surface area contributed by atoms with Gasteiger partial charge in [0.2, 0.25) is 5.78 Å². The van der Waals surface area contributed by atoms with Gasteiger partial charge in [-0.1, -0.05) is 55.8 Å². The number of fused-ring (bicyclic) bond motifs is 1. The summed E-state index contributed by atoms with van der Waals surface area (Å²) in [5, 5.41) is 3.50. The van der Waals surface area contributed by atoms with Gasteiger partial charge in [0.15, 0.2) is 11.5 Å². The van der Waals surface area contributed by atoms with Crippen LogP contribution in [0.5, 0.6) is 0 Å². The predicted octanol–water partition coefficient (Wildman–Crippen LogP) is 6.68. The van der Waals surface area contributed by atoms with Crippen molar-refractivity contribution in [2.24, 2.45) is 11.8 Å². The zero-order valence-corrected chi connectivity index (χ0v) is 20.4. The van der Waals surface area contributed by atoms with Crippen LogP contribution in [0.3, 0.4) is 0 Å². The van der Waals surface area contributed by atoms with Crippen molar-refractivity contribution in [1.29, 1.82) is 0 Å². The summed E-state index contributed by atoms with van der Waals surface area (Å²) < 4.78 is 45.3. The number of Topliss-reactive ketones (excluding diaryl/α,β-unsaturated/α-hetero) is 2. The largest absolute Gasteiger partial charge is 0.450 e. The Bertz CT molecular complexity index is 1220. The summed E-state index contributed by atoms with van der Waals surface area (Å²) in [6.07, 6.45) is -5.75. The Morgan fingerprint density at radius 1 is 1.09 bits per heavy atom. The van der Waals surface area contributed by atoms with E-state index >= 15 is 0 Å². The summed E-state index contributed by atoms with van der Waals surface area (Å²) in [6.45, 7) is 2.88. The second-order valence-electron chi connectivity index (χ2n) is 8.12. The molecule has 0 unspecified atom stereocenters. The Hall–Kier alpha value is -2.65. The Labute approximate surface area is 206 Å². The molecular weight excluding hydrogens is 539 g/mol. The van der Waals surface area contributed by atoms with E-state index in [1.807, 2.05) is 0 Å². The molecule has 0 saturated carbocycles. The van der Waals surface area contributed by atoms with Gasteiger partial charge in [0.25, 0.3) is 5.91 Å². The van der Waals surface area contributed by atoms with Crippen LogP contribution >= 0.6 is 27.5 Å². The highest BCUT2D eigenvalue weighted by Crippen LogP contribution is 2.32. The first-order valence-electron chi connectivity index (χ1n) is 10.3. The van der Waals surface area contributed by atoms with E-state index in [0.717, 1.165) is 0 Å². The highest BCUT2D eigenvalue weighted by atomic mass is 79.9. The first kappa shape index (κ1) is 26.0. The van der Waals surface area contributed by atoms with Crippen LogP contribution in [0, 0.1) is 11.8 Å². The van der Waals surface area contributed by atoms with E-state index < -0.39 is 47.9 Å². The van der Waals surface area contributed by atoms with Crippen molar-refractivity contribution in [2.75, 3.05) is 0 Å². The van der Waals surface area contributed by atoms with Crippen molar-refractivity contribution >= 4 is 56.0 Å². The molecule has 0 spiro atoms. The number of hydrogen-bond donors (Lipinski definition) is 1. The maximum atomic E-state index is 13.1. The van der Waals surface area contributed by atoms with Gasteiger partial charge < -0.3 is 9.73 Å². The Morgan fingerprint density at radius 2 is 1.74 bits per heavy atom. The molecule has 3 rings (SSSR count). The second kappa shape index (κ2) is 10.3. The molecule has 1 aromatic heterocycles. The molecule has 0 aliphatic carbocycles. The molecule has 10 heteroatoms. The molecule has 0 aliphatic rings. The molecule has 0 saturated heterocycles. The first-order chi connectivity index (χ1) is 15.9. The number of hydrogen-bond acceptors (Lipinski definition) is 4. The van der Waals surface area contributed by atoms with E-state index in [2.05, 4.69) is 21.2 Å². The predicted molar refractivity (Wildman–Crippen MR) is 125 cm³/mol. The summed E-state index contributed by atoms with van der Waals surface area (Å²) in [5.41, 5.74) is 0.732. The molecule has 180 valence electrons. The lowest BCUT2D eigenvalue weighted by Gasteiger charge is -2.24. The van der Waals surface area contributed by atoms with Crippen molar-refractivity contribution in [2.45, 2.75) is 32.5 Å². The molecule has 5 nitrogen and oxygen atoms in total. The molecule has 1 amide bonds. The number of rotatable bonds is 8. The molecule has 3 aromatic rings. The second-order valence-corrected chi connectivity index (χ2v) is 9.41. The first-order valence-corrected chi connectivity index (χ1v) is 11.4. The highest BCUT2D eigenvalue weighted by Gasteiger charge is 2.45. The fourth-order valence-electron chi connectivity index (χ4n) is 3.56. The third-order valence-electron chi connectivity index (χ3n) is 5.33. The molecule has 1 N–H and O–H groups in total. The number of amides is 1. The van der Waals surface area contributed by atoms with Gasteiger partial charge in [0, 0.05) is 22.7 Å². The fraction of sp³-hybridized carbons (Fsp3) is 0.292. The van der Waals surface area contributed by atoms with Crippen LogP contribution in [0.25, 0.3) is 11.0 Å². The van der Waals surface area contributed by atoms with Gasteiger partial charge in [0.1, 0.15) is 11.6 Å². The van der Waals surface area contributed by atoms with Gasteiger partial charge in [-0.15, -0.1) is 0 Å². The van der Waals surface area contributed by atoms with Crippen LogP contribution in [0.15, 0.2) is 57.4 Å². The molecule has 0 radical (unpaired) electrons. The number of carbonyl (C=O) groups is 3. The smallest absolute Gasteiger partial charge is 0.450 e. The minimum absolute atomic E-state index is 0.113. The molecule has 2 atom stereocenters. The summed E-state index contributed by atoms with van der Waals surface area (Å²) in [7, 11) is 0. The lowest BCUT2D eigenvalue weighted by molar-refractivity contribution is -0.177. The quantitative estimate of drug-likeness (QED) is 0.335. The van der Waals surface area contributed by atoms with Crippen LogP contribution in [-0.2, 0) is 9.59 Å². The number of carbonyl (C=O) groups excluding carboxylic acids is 3. The van der Waals surface area contributed by atoms with Crippen LogP contribution in [0.2, 0.25) is 5.02 Å². The van der Waals surface area contributed by atoms with Crippen LogP contribution in [0.1, 0.15) is 42.4 Å². The van der Waals surface area contributed by atoms with E-state index in [1.165, 1.54) is 19.9 Å². The summed E-state index contributed by atoms with van der Waals surface area (Å²) in [6, 6.07) is 11.4. The van der Waals surface area contributed by atoms with Crippen molar-refractivity contribution in [3.63, 3.8) is 0 Å². The average Bonchev–Trinajstić information content (AvgIpc) is 3.19. The maximum Gasteiger partial charge on any atom is 0.450 e. The maximum absolute atomic E-state index is 13.1. The van der Waals surface area contributed by atoms with Crippen LogP contribution < -0.4 is 5.32 Å². The molecule has 0 fully saturated rings. The number of halogens is 5. The lowest BCUT2D eigenvalue weighted by Crippen LogP contribution is -2.39. The topological polar surface area (TPSA) is 76.4 Å². The minimum atomic E-state index is -5.07. The van der Waals surface area contributed by atoms with Gasteiger partial charge in [-0.25, -0.2) is 0 Å². The van der Waals surface area contributed by atoms with Gasteiger partial charge in [-0.05, 0) is 45.6 Å². The minimum Gasteiger partial charge on any atom is -0.450 e. The zero-order chi connectivity index (χ0) is 25.2. The summed E-state index contributed by atoms with van der Waals surface area (Å²) in [4.78, 5) is 38.0. The Kier molecular flexibility index (Phi) is 7.88. The third-order valence-corrected chi connectivity index (χ3v) is 6.14. The Morgan fingerprint density at radius 3 is 2.32 bits per heavy atom. The normalized spacial score (nSPS) is 13.6. The Balaban J connectivity index is 1.91. The number of alkyl halides is 3. The van der Waals surface area contributed by atoms with Gasteiger partial charge in [-0.2, -0.15) is 13.2 Å². The van der Waals surface area contributed by atoms with E-state index in [-0.39, 0.29) is 5.76 Å². The van der Waals surface area contributed by atoms with E-state index in [0.29, 0.717) is 26.0 Å². The van der Waals surface area contributed by atoms with Gasteiger partial charge in [0.05, 0.1) is 4.47 Å². The SMILES string of the molecule is CC(C)[C@H](CC(=O)[C@@H](NC(=O)c1cc2cc(Cl)cc(Br)c2o1)c1ccccc1)C(=O)C(F)(F)F. The zero-order valence-electron chi connectivity index (χ0n) is 18.1. The monoisotopic (exact) mass is 557 g/mol. The number of nitrogens with one attached hydrogen (secondary N) is 1. The average molecular weight is 559 g/mol. The van der Waals surface area contributed by atoms with Crippen molar-refractivity contribution < 1.29 is 32.0 Å². The van der Waals surface area contributed by atoms with Crippen molar-refractivity contribution in [3.05, 3.63) is 69.3 Å². The number of ketones is 2. The lowest BCUT2D eigenvalue weighted by atomic mass is 9.84. The third kappa shape index (κ3) is 5.88. The molecule has 2 aromatic carbocycles. The van der Waals surface area contributed by atoms with Crippen LogP contribution in [0.4, 0.5) is 13.2 Å². The highest BCUT2D eigenvalue weighted by molar-refractivity contribution is 9.10. The van der Waals surface area contributed by atoms with Crippen molar-refractivity contribution in [1.82, 2.24) is 5.32 Å². The van der Waals surface area contributed by atoms with Crippen molar-refractivity contribution in [3.8, 4) is 0 Å². The van der Waals surface area contributed by atoms with Crippen LogP contribution in [-0.4, -0.2) is 23.6 Å². The molecule has 34 heavy (non-hydrogen) atoms. The van der Waals surface area contributed by atoms with E-state index in [1.54, 1.807) is 42.5 Å².